The fourth-order valence-electron chi connectivity index (χ4n) is 0.713. The maximum atomic E-state index is 10.5. The van der Waals surface area contributed by atoms with Crippen molar-refractivity contribution in [3.63, 3.8) is 0 Å². The minimum absolute atomic E-state index is 0. The zero-order chi connectivity index (χ0) is 9.30. The summed E-state index contributed by atoms with van der Waals surface area (Å²) in [4.78, 5) is 10.5. The van der Waals surface area contributed by atoms with E-state index < -0.39 is 5.97 Å². The Labute approximate surface area is 115 Å². The van der Waals surface area contributed by atoms with Crippen molar-refractivity contribution in [2.24, 2.45) is 0 Å². The van der Waals surface area contributed by atoms with Gasteiger partial charge in [0.05, 0.1) is 3.57 Å². The Balaban J connectivity index is 0.00000144. The van der Waals surface area contributed by atoms with Gasteiger partial charge in [0.15, 0.2) is 0 Å². The number of hydrogen-bond donors (Lipinski definition) is 2. The molecule has 1 aromatic carbocycles. The van der Waals surface area contributed by atoms with E-state index in [1.807, 2.05) is 45.2 Å². The standard InChI is InChI=1S/C7H4I2O3.Zn/c8-4-2-1-3(7(11)12)6(10)5(4)9;/h1-2,10H,(H,11,12);. The van der Waals surface area contributed by atoms with Gasteiger partial charge in [0.25, 0.3) is 0 Å². The van der Waals surface area contributed by atoms with Crippen LogP contribution in [0.15, 0.2) is 12.1 Å². The number of hydrogen-bond acceptors (Lipinski definition) is 2. The Kier molecular flexibility index (Phi) is 5.69. The smallest absolute Gasteiger partial charge is 0.339 e. The molecule has 0 aliphatic heterocycles. The van der Waals surface area contributed by atoms with E-state index in [0.717, 1.165) is 3.57 Å². The van der Waals surface area contributed by atoms with Crippen molar-refractivity contribution in [3.8, 4) is 5.75 Å². The summed E-state index contributed by atoms with van der Waals surface area (Å²) in [6.07, 6.45) is 0. The van der Waals surface area contributed by atoms with Crippen LogP contribution in [0.4, 0.5) is 0 Å². The molecular formula is C7H4I2O3Zn. The van der Waals surface area contributed by atoms with E-state index in [0.29, 0.717) is 3.57 Å². The first kappa shape index (κ1) is 13.6. The molecule has 0 amide bonds. The fourth-order valence-corrected chi connectivity index (χ4v) is 1.62. The molecule has 0 unspecified atom stereocenters. The van der Waals surface area contributed by atoms with Crippen molar-refractivity contribution in [1.82, 2.24) is 0 Å². The van der Waals surface area contributed by atoms with Crippen LogP contribution in [0.25, 0.3) is 0 Å². The summed E-state index contributed by atoms with van der Waals surface area (Å²) in [6, 6.07) is 3.05. The zero-order valence-corrected chi connectivity index (χ0v) is 13.7. The van der Waals surface area contributed by atoms with Gasteiger partial charge in [-0.25, -0.2) is 4.79 Å². The molecule has 0 aliphatic carbocycles. The molecule has 0 fully saturated rings. The minimum Gasteiger partial charge on any atom is -0.506 e. The van der Waals surface area contributed by atoms with Crippen molar-refractivity contribution in [2.75, 3.05) is 0 Å². The topological polar surface area (TPSA) is 57.5 Å². The first-order chi connectivity index (χ1) is 5.54. The van der Waals surface area contributed by atoms with Crippen LogP contribution in [0.2, 0.25) is 0 Å². The summed E-state index contributed by atoms with van der Waals surface area (Å²) in [5.41, 5.74) is -0.0557. The molecule has 0 saturated heterocycles. The second-order valence-electron chi connectivity index (χ2n) is 2.06. The molecule has 0 saturated carbocycles. The molecule has 0 radical (unpaired) electrons. The molecule has 0 aromatic heterocycles. The maximum Gasteiger partial charge on any atom is 0.339 e. The minimum atomic E-state index is -1.11. The Morgan fingerprint density at radius 3 is 2.31 bits per heavy atom. The summed E-state index contributed by atoms with van der Waals surface area (Å²) >= 11 is 3.94. The first-order valence-corrected chi connectivity index (χ1v) is 5.10. The number of carbonyl (C=O) groups is 1. The third kappa shape index (κ3) is 3.02. The summed E-state index contributed by atoms with van der Waals surface area (Å²) in [5.74, 6) is -1.27. The molecule has 66 valence electrons. The van der Waals surface area contributed by atoms with Gasteiger partial charge in [0.2, 0.25) is 0 Å². The van der Waals surface area contributed by atoms with E-state index >= 15 is 0 Å². The van der Waals surface area contributed by atoms with Gasteiger partial charge in [0, 0.05) is 23.0 Å². The SMILES string of the molecule is O=C(O)c1ccc(I)c(I)c1O.[Zn]. The average Bonchev–Trinajstić information content (AvgIpc) is 2.00. The van der Waals surface area contributed by atoms with Crippen LogP contribution in [-0.4, -0.2) is 16.2 Å². The molecule has 13 heavy (non-hydrogen) atoms. The van der Waals surface area contributed by atoms with E-state index in [2.05, 4.69) is 0 Å². The Morgan fingerprint density at radius 2 is 1.85 bits per heavy atom. The summed E-state index contributed by atoms with van der Waals surface area (Å²) < 4.78 is 1.42. The van der Waals surface area contributed by atoms with Crippen molar-refractivity contribution in [3.05, 3.63) is 24.8 Å². The number of aromatic hydroxyl groups is 1. The number of carboxylic acids is 1. The van der Waals surface area contributed by atoms with E-state index in [4.69, 9.17) is 5.11 Å². The second kappa shape index (κ2) is 5.45. The van der Waals surface area contributed by atoms with Gasteiger partial charge >= 0.3 is 5.97 Å². The molecule has 0 spiro atoms. The van der Waals surface area contributed by atoms with Crippen LogP contribution in [0, 0.1) is 7.14 Å². The van der Waals surface area contributed by atoms with Crippen LogP contribution in [-0.2, 0) is 19.5 Å². The molecule has 0 bridgehead atoms. The predicted octanol–water partition coefficient (Wildman–Crippen LogP) is 2.30. The molecule has 3 nitrogen and oxygen atoms in total. The van der Waals surface area contributed by atoms with Crippen LogP contribution in [0.5, 0.6) is 5.75 Å². The number of halogens is 2. The monoisotopic (exact) mass is 454 g/mol. The van der Waals surface area contributed by atoms with Gasteiger partial charge in [-0.15, -0.1) is 0 Å². The maximum absolute atomic E-state index is 10.5. The van der Waals surface area contributed by atoms with Crippen LogP contribution in [0.3, 0.4) is 0 Å². The summed E-state index contributed by atoms with van der Waals surface area (Å²) in [7, 11) is 0. The molecule has 6 heteroatoms. The second-order valence-corrected chi connectivity index (χ2v) is 4.30. The summed E-state index contributed by atoms with van der Waals surface area (Å²) in [6.45, 7) is 0. The Morgan fingerprint density at radius 1 is 1.31 bits per heavy atom. The molecule has 1 rings (SSSR count). The largest absolute Gasteiger partial charge is 0.506 e. The third-order valence-electron chi connectivity index (χ3n) is 1.30. The molecule has 0 atom stereocenters. The Bertz CT molecular complexity index is 341. The van der Waals surface area contributed by atoms with Crippen LogP contribution in [0.1, 0.15) is 10.4 Å². The van der Waals surface area contributed by atoms with Crippen LogP contribution >= 0.6 is 45.2 Å². The zero-order valence-electron chi connectivity index (χ0n) is 6.42. The van der Waals surface area contributed by atoms with Gasteiger partial charge in [0.1, 0.15) is 11.3 Å². The van der Waals surface area contributed by atoms with E-state index in [1.165, 1.54) is 6.07 Å². The Hall–Kier alpha value is 0.573. The molecular weight excluding hydrogens is 451 g/mol. The normalized spacial score (nSPS) is 9.08. The van der Waals surface area contributed by atoms with E-state index in [9.17, 15) is 9.90 Å². The molecule has 1 aromatic rings. The van der Waals surface area contributed by atoms with Crippen molar-refractivity contribution >= 4 is 51.2 Å². The molecule has 2 N–H and O–H groups in total. The van der Waals surface area contributed by atoms with Gasteiger partial charge in [-0.05, 0) is 57.3 Å². The van der Waals surface area contributed by atoms with Crippen molar-refractivity contribution in [1.29, 1.82) is 0 Å². The predicted molar refractivity (Wildman–Crippen MR) is 60.5 cm³/mol. The molecule has 0 heterocycles. The number of phenols is 1. The number of carboxylic acid groups (broad SMARTS) is 1. The van der Waals surface area contributed by atoms with Crippen molar-refractivity contribution in [2.45, 2.75) is 0 Å². The average molecular weight is 455 g/mol. The molecule has 0 aliphatic rings. The van der Waals surface area contributed by atoms with E-state index in [1.54, 1.807) is 6.07 Å². The van der Waals surface area contributed by atoms with Crippen molar-refractivity contribution < 1.29 is 34.5 Å². The fraction of sp³-hybridized carbons (Fsp3) is 0. The van der Waals surface area contributed by atoms with Gasteiger partial charge < -0.3 is 10.2 Å². The number of benzene rings is 1. The van der Waals surface area contributed by atoms with Gasteiger partial charge in [-0.3, -0.25) is 0 Å². The summed E-state index contributed by atoms with van der Waals surface area (Å²) in [5, 5.41) is 18.0. The van der Waals surface area contributed by atoms with E-state index in [-0.39, 0.29) is 30.8 Å². The van der Waals surface area contributed by atoms with Crippen LogP contribution < -0.4 is 0 Å². The number of rotatable bonds is 1. The first-order valence-electron chi connectivity index (χ1n) is 2.94. The quantitative estimate of drug-likeness (QED) is 0.505. The number of aromatic carboxylic acids is 1. The van der Waals surface area contributed by atoms with Gasteiger partial charge in [-0.2, -0.15) is 0 Å². The van der Waals surface area contributed by atoms with Gasteiger partial charge in [-0.1, -0.05) is 0 Å². The third-order valence-corrected chi connectivity index (χ3v) is 4.32.